The number of rotatable bonds is 6. The van der Waals surface area contributed by atoms with Gasteiger partial charge in [0.1, 0.15) is 0 Å². The van der Waals surface area contributed by atoms with Crippen LogP contribution < -0.4 is 0 Å². The lowest BCUT2D eigenvalue weighted by atomic mass is 10.1. The van der Waals surface area contributed by atoms with Crippen LogP contribution in [-0.2, 0) is 16.3 Å². The van der Waals surface area contributed by atoms with Gasteiger partial charge in [0.25, 0.3) is 0 Å². The van der Waals surface area contributed by atoms with Crippen molar-refractivity contribution in [3.05, 3.63) is 88.9 Å². The third-order valence-electron chi connectivity index (χ3n) is 3.50. The average Bonchev–Trinajstić information content (AvgIpc) is 2.56. The van der Waals surface area contributed by atoms with Crippen LogP contribution in [0.5, 0.6) is 0 Å². The van der Waals surface area contributed by atoms with Gasteiger partial charge >= 0.3 is 0 Å². The normalized spacial score (nSPS) is 12.0. The van der Waals surface area contributed by atoms with Crippen LogP contribution in [0.15, 0.2) is 88.2 Å². The van der Waals surface area contributed by atoms with Crippen molar-refractivity contribution < 1.29 is 8.42 Å². The molecule has 0 saturated carbocycles. The van der Waals surface area contributed by atoms with Gasteiger partial charge in [-0.25, -0.2) is 8.42 Å². The first-order valence-corrected chi connectivity index (χ1v) is 9.16. The zero-order valence-electron chi connectivity index (χ0n) is 13.6. The second-order valence-corrected chi connectivity index (χ2v) is 7.68. The van der Waals surface area contributed by atoms with Crippen LogP contribution >= 0.6 is 0 Å². The maximum atomic E-state index is 12.9. The van der Waals surface area contributed by atoms with E-state index in [0.29, 0.717) is 22.6 Å². The minimum Gasteiger partial charge on any atom is -0.219 e. The number of hydrogen-bond donors (Lipinski definition) is 0. The first-order valence-electron chi connectivity index (χ1n) is 7.68. The molecule has 120 valence electrons. The average molecular weight is 326 g/mol. The molecule has 0 radical (unpaired) electrons. The van der Waals surface area contributed by atoms with E-state index < -0.39 is 9.84 Å². The van der Waals surface area contributed by atoms with Crippen LogP contribution in [0.1, 0.15) is 25.8 Å². The summed E-state index contributed by atoms with van der Waals surface area (Å²) in [5.41, 5.74) is 2.21. The maximum absolute atomic E-state index is 12.9. The van der Waals surface area contributed by atoms with Crippen LogP contribution in [0.3, 0.4) is 0 Å². The number of aryl methyl sites for hydroxylation is 1. The fourth-order valence-corrected chi connectivity index (χ4v) is 3.67. The van der Waals surface area contributed by atoms with E-state index in [2.05, 4.69) is 0 Å². The van der Waals surface area contributed by atoms with E-state index in [-0.39, 0.29) is 0 Å². The third kappa shape index (κ3) is 4.93. The van der Waals surface area contributed by atoms with E-state index in [4.69, 9.17) is 0 Å². The van der Waals surface area contributed by atoms with Gasteiger partial charge in [-0.2, -0.15) is 0 Å². The topological polar surface area (TPSA) is 34.1 Å². The molecule has 3 heteroatoms. The Morgan fingerprint density at radius 2 is 1.43 bits per heavy atom. The molecule has 0 aliphatic rings. The highest BCUT2D eigenvalue weighted by Crippen LogP contribution is 2.23. The van der Waals surface area contributed by atoms with Crippen molar-refractivity contribution in [3.63, 3.8) is 0 Å². The summed E-state index contributed by atoms with van der Waals surface area (Å²) < 4.78 is 25.7. The molecule has 0 atom stereocenters. The van der Waals surface area contributed by atoms with Gasteiger partial charge in [0, 0.05) is 4.91 Å². The quantitative estimate of drug-likeness (QED) is 0.704. The standard InChI is InChI=1S/C20H22O2S/c1-17(2)13-15-20(16-14-18-9-5-3-6-10-18)23(21,22)19-11-7-4-8-12-19/h3-13,15H,14,16H2,1-2H3/b20-15+. The highest BCUT2D eigenvalue weighted by Gasteiger charge is 2.19. The predicted octanol–water partition coefficient (Wildman–Crippen LogP) is 4.94. The van der Waals surface area contributed by atoms with Gasteiger partial charge in [-0.1, -0.05) is 60.2 Å². The molecule has 0 saturated heterocycles. The summed E-state index contributed by atoms with van der Waals surface area (Å²) in [6.07, 6.45) is 4.79. The van der Waals surface area contributed by atoms with Crippen molar-refractivity contribution in [1.29, 1.82) is 0 Å². The molecule has 0 fully saturated rings. The van der Waals surface area contributed by atoms with Crippen molar-refractivity contribution in [2.45, 2.75) is 31.6 Å². The number of sulfone groups is 1. The summed E-state index contributed by atoms with van der Waals surface area (Å²) >= 11 is 0. The van der Waals surface area contributed by atoms with Crippen LogP contribution in [0.4, 0.5) is 0 Å². The lowest BCUT2D eigenvalue weighted by Gasteiger charge is -2.09. The molecular formula is C20H22O2S. The first-order chi connectivity index (χ1) is 11.0. The molecule has 0 heterocycles. The molecule has 0 aliphatic heterocycles. The Labute approximate surface area is 139 Å². The van der Waals surface area contributed by atoms with Crippen molar-refractivity contribution in [1.82, 2.24) is 0 Å². The van der Waals surface area contributed by atoms with Crippen LogP contribution in [0.25, 0.3) is 0 Å². The second-order valence-electron chi connectivity index (χ2n) is 5.68. The lowest BCUT2D eigenvalue weighted by Crippen LogP contribution is -2.06. The number of benzene rings is 2. The summed E-state index contributed by atoms with van der Waals surface area (Å²) in [6.45, 7) is 3.92. The largest absolute Gasteiger partial charge is 0.219 e. The van der Waals surface area contributed by atoms with Crippen LogP contribution in [0, 0.1) is 0 Å². The van der Waals surface area contributed by atoms with E-state index in [1.807, 2.05) is 56.3 Å². The van der Waals surface area contributed by atoms with Gasteiger partial charge in [0.05, 0.1) is 4.90 Å². The molecule has 0 spiro atoms. The Bertz CT molecular complexity index is 782. The first kappa shape index (κ1) is 17.2. The molecule has 0 aromatic heterocycles. The molecular weight excluding hydrogens is 304 g/mol. The number of allylic oxidation sites excluding steroid dienone is 4. The Morgan fingerprint density at radius 1 is 0.870 bits per heavy atom. The smallest absolute Gasteiger partial charge is 0.202 e. The Balaban J connectivity index is 2.31. The van der Waals surface area contributed by atoms with Crippen molar-refractivity contribution in [2.75, 3.05) is 0 Å². The van der Waals surface area contributed by atoms with E-state index in [9.17, 15) is 8.42 Å². The molecule has 23 heavy (non-hydrogen) atoms. The van der Waals surface area contributed by atoms with Gasteiger partial charge in [-0.3, -0.25) is 0 Å². The monoisotopic (exact) mass is 326 g/mol. The molecule has 2 nitrogen and oxygen atoms in total. The van der Waals surface area contributed by atoms with E-state index in [1.165, 1.54) is 0 Å². The molecule has 2 aromatic carbocycles. The highest BCUT2D eigenvalue weighted by atomic mass is 32.2. The zero-order chi connectivity index (χ0) is 16.7. The van der Waals surface area contributed by atoms with Gasteiger partial charge in [0.2, 0.25) is 9.84 Å². The van der Waals surface area contributed by atoms with Crippen molar-refractivity contribution >= 4 is 9.84 Å². The minimum atomic E-state index is -3.45. The summed E-state index contributed by atoms with van der Waals surface area (Å²) in [4.78, 5) is 0.801. The van der Waals surface area contributed by atoms with E-state index in [0.717, 1.165) is 11.1 Å². The molecule has 0 aliphatic carbocycles. The fourth-order valence-electron chi connectivity index (χ4n) is 2.23. The molecule has 0 bridgehead atoms. The molecule has 0 amide bonds. The van der Waals surface area contributed by atoms with E-state index in [1.54, 1.807) is 30.3 Å². The van der Waals surface area contributed by atoms with Crippen molar-refractivity contribution in [3.8, 4) is 0 Å². The molecule has 0 N–H and O–H groups in total. The Hall–Kier alpha value is -2.13. The van der Waals surface area contributed by atoms with Gasteiger partial charge in [-0.15, -0.1) is 0 Å². The fraction of sp³-hybridized carbons (Fsp3) is 0.200. The molecule has 0 unspecified atom stereocenters. The van der Waals surface area contributed by atoms with E-state index >= 15 is 0 Å². The lowest BCUT2D eigenvalue weighted by molar-refractivity contribution is 0.600. The maximum Gasteiger partial charge on any atom is 0.202 e. The molecule has 2 rings (SSSR count). The van der Waals surface area contributed by atoms with Gasteiger partial charge in [0.15, 0.2) is 0 Å². The van der Waals surface area contributed by atoms with Crippen LogP contribution in [0.2, 0.25) is 0 Å². The number of hydrogen-bond acceptors (Lipinski definition) is 2. The second kappa shape index (κ2) is 7.93. The minimum absolute atomic E-state index is 0.349. The SMILES string of the molecule is CC(C)=C/C=C(\CCc1ccccc1)S(=O)(=O)c1ccccc1. The van der Waals surface area contributed by atoms with Crippen molar-refractivity contribution in [2.24, 2.45) is 0 Å². The van der Waals surface area contributed by atoms with Crippen LogP contribution in [-0.4, -0.2) is 8.42 Å². The summed E-state index contributed by atoms with van der Waals surface area (Å²) in [6, 6.07) is 18.6. The molecule has 2 aromatic rings. The zero-order valence-corrected chi connectivity index (χ0v) is 14.4. The predicted molar refractivity (Wildman–Crippen MR) is 95.9 cm³/mol. The summed E-state index contributed by atoms with van der Waals surface area (Å²) in [7, 11) is -3.45. The summed E-state index contributed by atoms with van der Waals surface area (Å²) in [5.74, 6) is 0. The summed E-state index contributed by atoms with van der Waals surface area (Å²) in [5, 5.41) is 0. The van der Waals surface area contributed by atoms with Gasteiger partial charge < -0.3 is 0 Å². The Kier molecular flexibility index (Phi) is 5.94. The highest BCUT2D eigenvalue weighted by molar-refractivity contribution is 7.95. The third-order valence-corrected chi connectivity index (χ3v) is 5.43. The van der Waals surface area contributed by atoms with Gasteiger partial charge in [-0.05, 0) is 50.5 Å². The Morgan fingerprint density at radius 3 is 2.00 bits per heavy atom.